The Morgan fingerprint density at radius 3 is 2.20 bits per heavy atom. The van der Waals surface area contributed by atoms with Crippen LogP contribution in [0.25, 0.3) is 0 Å². The summed E-state index contributed by atoms with van der Waals surface area (Å²) in [6, 6.07) is 10.8. The molecule has 2 aliphatic rings. The summed E-state index contributed by atoms with van der Waals surface area (Å²) in [6.07, 6.45) is 5.06. The fourth-order valence-electron chi connectivity index (χ4n) is 5.56. The largest absolute Gasteiger partial charge is 0.493 e. The van der Waals surface area contributed by atoms with Crippen molar-refractivity contribution < 1.29 is 23.7 Å². The predicted octanol–water partition coefficient (Wildman–Crippen LogP) is 5.94. The zero-order valence-corrected chi connectivity index (χ0v) is 24.2. The van der Waals surface area contributed by atoms with E-state index in [1.54, 1.807) is 57.7 Å². The number of nitrogens with one attached hydrogen (secondary N) is 3. The molecule has 9 heteroatoms. The van der Waals surface area contributed by atoms with Gasteiger partial charge in [-0.05, 0) is 62.9 Å². The van der Waals surface area contributed by atoms with Gasteiger partial charge in [0.05, 0.1) is 27.0 Å². The van der Waals surface area contributed by atoms with Crippen LogP contribution in [0.15, 0.2) is 52.7 Å². The molecule has 0 aromatic heterocycles. The van der Waals surface area contributed by atoms with E-state index in [-0.39, 0.29) is 29.6 Å². The number of hydrogen-bond donors (Lipinski definition) is 3. The zero-order valence-electron chi connectivity index (χ0n) is 24.2. The lowest BCUT2D eigenvalue weighted by Gasteiger charge is -2.17. The third-order valence-electron chi connectivity index (χ3n) is 7.80. The van der Waals surface area contributed by atoms with Crippen LogP contribution in [0.3, 0.4) is 0 Å². The Bertz CT molecular complexity index is 1270. The van der Waals surface area contributed by atoms with E-state index < -0.39 is 0 Å². The molecule has 0 saturated heterocycles. The normalized spacial score (nSPS) is 19.3. The van der Waals surface area contributed by atoms with Gasteiger partial charge in [-0.15, -0.1) is 0 Å². The van der Waals surface area contributed by atoms with E-state index in [0.717, 1.165) is 43.4 Å². The summed E-state index contributed by atoms with van der Waals surface area (Å²) in [7, 11) is 4.64. The Morgan fingerprint density at radius 1 is 1.05 bits per heavy atom. The first-order valence-electron chi connectivity index (χ1n) is 13.8. The molecule has 2 aromatic carbocycles. The lowest BCUT2D eigenvalue weighted by molar-refractivity contribution is -0.119. The maximum absolute atomic E-state index is 12.5. The number of nitrogens with zero attached hydrogens (tertiary/aromatic N) is 1. The smallest absolute Gasteiger partial charge is 0.244 e. The molecule has 1 saturated carbocycles. The van der Waals surface area contributed by atoms with Crippen molar-refractivity contribution in [2.24, 2.45) is 16.8 Å². The van der Waals surface area contributed by atoms with Crippen LogP contribution in [0.5, 0.6) is 23.0 Å². The van der Waals surface area contributed by atoms with Gasteiger partial charge in [-0.3, -0.25) is 10.2 Å². The Kier molecular flexibility index (Phi) is 9.34. The molecular formula is C31H40N4O5. The Labute approximate surface area is 236 Å². The summed E-state index contributed by atoms with van der Waals surface area (Å²) >= 11 is 0. The van der Waals surface area contributed by atoms with Gasteiger partial charge in [-0.25, -0.2) is 0 Å². The highest BCUT2D eigenvalue weighted by Crippen LogP contribution is 2.41. The molecule has 0 bridgehead atoms. The Morgan fingerprint density at radius 2 is 1.68 bits per heavy atom. The van der Waals surface area contributed by atoms with Gasteiger partial charge in [0.1, 0.15) is 5.75 Å². The van der Waals surface area contributed by atoms with Gasteiger partial charge in [0.25, 0.3) is 0 Å². The average Bonchev–Trinajstić information content (AvgIpc) is 3.60. The molecule has 1 aliphatic heterocycles. The third-order valence-corrected chi connectivity index (χ3v) is 7.80. The molecule has 214 valence electrons. The van der Waals surface area contributed by atoms with Gasteiger partial charge in [-0.1, -0.05) is 19.8 Å². The van der Waals surface area contributed by atoms with Crippen LogP contribution in [-0.2, 0) is 4.79 Å². The molecule has 2 aromatic rings. The van der Waals surface area contributed by atoms with Crippen molar-refractivity contribution >= 4 is 23.3 Å². The number of methoxy groups -OCH3 is 3. The van der Waals surface area contributed by atoms with E-state index >= 15 is 0 Å². The molecule has 40 heavy (non-hydrogen) atoms. The highest BCUT2D eigenvalue weighted by Gasteiger charge is 2.31. The third kappa shape index (κ3) is 6.24. The molecule has 4 rings (SSSR count). The van der Waals surface area contributed by atoms with Crippen molar-refractivity contribution in [3.05, 3.63) is 53.2 Å². The Hall–Kier alpha value is -4.01. The van der Waals surface area contributed by atoms with Crippen molar-refractivity contribution in [2.45, 2.75) is 58.9 Å². The predicted molar refractivity (Wildman–Crippen MR) is 157 cm³/mol. The van der Waals surface area contributed by atoms with Crippen molar-refractivity contribution in [3.8, 4) is 23.0 Å². The number of rotatable bonds is 9. The lowest BCUT2D eigenvalue weighted by Crippen LogP contribution is -2.29. The molecule has 0 spiro atoms. The summed E-state index contributed by atoms with van der Waals surface area (Å²) in [6.45, 7) is 6.35. The molecule has 1 amide bonds. The van der Waals surface area contributed by atoms with Crippen LogP contribution >= 0.6 is 0 Å². The first kappa shape index (κ1) is 29.0. The first-order chi connectivity index (χ1) is 19.3. The van der Waals surface area contributed by atoms with Crippen LogP contribution in [-0.4, -0.2) is 45.0 Å². The van der Waals surface area contributed by atoms with Gasteiger partial charge in [-0.2, -0.15) is 4.99 Å². The van der Waals surface area contributed by atoms with Gasteiger partial charge >= 0.3 is 0 Å². The number of ether oxygens (including phenoxy) is 4. The highest BCUT2D eigenvalue weighted by molar-refractivity contribution is 6.09. The van der Waals surface area contributed by atoms with Crippen LogP contribution in [0.4, 0.5) is 5.69 Å². The summed E-state index contributed by atoms with van der Waals surface area (Å²) in [5.74, 6) is 2.57. The molecule has 1 fully saturated rings. The molecule has 1 aliphatic carbocycles. The minimum atomic E-state index is 0.0332. The van der Waals surface area contributed by atoms with Crippen LogP contribution < -0.4 is 29.6 Å². The molecule has 0 radical (unpaired) electrons. The van der Waals surface area contributed by atoms with Crippen molar-refractivity contribution in [2.75, 3.05) is 26.6 Å². The summed E-state index contributed by atoms with van der Waals surface area (Å²) in [5.41, 5.74) is 3.19. The van der Waals surface area contributed by atoms with Crippen LogP contribution in [0.2, 0.25) is 0 Å². The second-order valence-electron chi connectivity index (χ2n) is 10.3. The average molecular weight is 549 g/mol. The number of amidine groups is 1. The molecule has 2 unspecified atom stereocenters. The summed E-state index contributed by atoms with van der Waals surface area (Å²) < 4.78 is 22.8. The Balaban J connectivity index is 1.64. The van der Waals surface area contributed by atoms with Gasteiger partial charge in [0.2, 0.25) is 17.6 Å². The number of aliphatic imine (C=N–C) groups is 1. The fraction of sp³-hybridized carbons (Fsp3) is 0.452. The quantitative estimate of drug-likeness (QED) is 0.264. The van der Waals surface area contributed by atoms with Gasteiger partial charge in [0.15, 0.2) is 17.3 Å². The van der Waals surface area contributed by atoms with Gasteiger partial charge in [0, 0.05) is 41.3 Å². The molecule has 2 atom stereocenters. The lowest BCUT2D eigenvalue weighted by atomic mass is 9.94. The number of anilines is 1. The monoisotopic (exact) mass is 548 g/mol. The SMILES string of the molecule is CCC1C(C)=C(C(=NC(=N)c2ccc(NC(=O)C3CCCC3)cc2)Oc2cc(OC)c(OC)c(OC)c2)NC1C. The second kappa shape index (κ2) is 12.9. The summed E-state index contributed by atoms with van der Waals surface area (Å²) in [4.78, 5) is 17.2. The van der Waals surface area contributed by atoms with Crippen molar-refractivity contribution in [3.63, 3.8) is 0 Å². The standard InChI is InChI=1S/C31H40N4O5/c1-7-24-18(2)27(33-19(24)3)31(40-23-16-25(37-4)28(39-6)26(17-23)38-5)35-29(32)20-12-14-22(15-13-20)34-30(36)21-10-8-9-11-21/h12-17,19,21,24,32-33H,7-11H2,1-6H3,(H,34,36). The number of carbonyl (C=O) groups is 1. The van der Waals surface area contributed by atoms with Crippen LogP contribution in [0, 0.1) is 17.2 Å². The van der Waals surface area contributed by atoms with Crippen molar-refractivity contribution in [1.82, 2.24) is 5.32 Å². The minimum absolute atomic E-state index is 0.0332. The number of carbonyl (C=O) groups excluding carboxylic acids is 1. The maximum Gasteiger partial charge on any atom is 0.244 e. The van der Waals surface area contributed by atoms with E-state index in [2.05, 4.69) is 36.4 Å². The summed E-state index contributed by atoms with van der Waals surface area (Å²) in [5, 5.41) is 15.3. The van der Waals surface area contributed by atoms with E-state index in [1.165, 1.54) is 0 Å². The molecule has 1 heterocycles. The number of amides is 1. The van der Waals surface area contributed by atoms with Gasteiger partial charge < -0.3 is 29.6 Å². The topological polar surface area (TPSA) is 114 Å². The first-order valence-corrected chi connectivity index (χ1v) is 13.8. The maximum atomic E-state index is 12.5. The molecule has 9 nitrogen and oxygen atoms in total. The second-order valence-corrected chi connectivity index (χ2v) is 10.3. The molecular weight excluding hydrogens is 508 g/mol. The van der Waals surface area contributed by atoms with Crippen LogP contribution in [0.1, 0.15) is 58.4 Å². The molecule has 3 N–H and O–H groups in total. The minimum Gasteiger partial charge on any atom is -0.493 e. The number of benzene rings is 2. The van der Waals surface area contributed by atoms with E-state index in [9.17, 15) is 4.79 Å². The van der Waals surface area contributed by atoms with E-state index in [4.69, 9.17) is 24.4 Å². The van der Waals surface area contributed by atoms with Crippen molar-refractivity contribution in [1.29, 1.82) is 5.41 Å². The number of hydrogen-bond acceptors (Lipinski definition) is 7. The highest BCUT2D eigenvalue weighted by atomic mass is 16.5. The van der Waals surface area contributed by atoms with E-state index in [1.807, 2.05) is 0 Å². The zero-order chi connectivity index (χ0) is 28.8. The fourth-order valence-corrected chi connectivity index (χ4v) is 5.56. The van der Waals surface area contributed by atoms with E-state index in [0.29, 0.717) is 40.2 Å².